The zero-order chi connectivity index (χ0) is 7.84. The third-order valence-corrected chi connectivity index (χ3v) is 2.03. The average molecular weight is 246 g/mol. The summed E-state index contributed by atoms with van der Waals surface area (Å²) in [7, 11) is 0. The highest BCUT2D eigenvalue weighted by Crippen LogP contribution is 2.08. The molecule has 0 radical (unpaired) electrons. The summed E-state index contributed by atoms with van der Waals surface area (Å²) in [5.74, 6) is 0. The summed E-state index contributed by atoms with van der Waals surface area (Å²) in [6.07, 6.45) is 1.81. The van der Waals surface area contributed by atoms with Gasteiger partial charge in [-0.1, -0.05) is 0 Å². The van der Waals surface area contributed by atoms with Crippen molar-refractivity contribution < 1.29 is 1.37 Å². The lowest BCUT2D eigenvalue weighted by Crippen LogP contribution is -1.86. The quantitative estimate of drug-likeness (QED) is 0.656. The summed E-state index contributed by atoms with van der Waals surface area (Å²) in [6.45, 7) is 0. The Morgan fingerprint density at radius 2 is 2.60 bits per heavy atom. The standard InChI is InChI=1S/C6H4IN3/c7-5-2-1-3-10-6(5)8-4-9-10/h1-4H/i3D. The summed E-state index contributed by atoms with van der Waals surface area (Å²) in [4.78, 5) is 4.00. The molecule has 4 heteroatoms. The van der Waals surface area contributed by atoms with Crippen molar-refractivity contribution in [1.82, 2.24) is 14.6 Å². The third-order valence-electron chi connectivity index (χ3n) is 1.19. The molecule has 0 bridgehead atoms. The highest BCUT2D eigenvalue weighted by atomic mass is 127. The molecule has 3 nitrogen and oxygen atoms in total. The van der Waals surface area contributed by atoms with Crippen LogP contribution in [0.3, 0.4) is 0 Å². The lowest BCUT2D eigenvalue weighted by molar-refractivity contribution is 0.958. The molecule has 0 fully saturated rings. The summed E-state index contributed by atoms with van der Waals surface area (Å²) >= 11 is 2.16. The van der Waals surface area contributed by atoms with E-state index in [0.717, 1.165) is 9.22 Å². The van der Waals surface area contributed by atoms with Crippen LogP contribution in [-0.4, -0.2) is 14.6 Å². The van der Waals surface area contributed by atoms with Gasteiger partial charge in [0.25, 0.3) is 0 Å². The van der Waals surface area contributed by atoms with Crippen molar-refractivity contribution in [2.45, 2.75) is 0 Å². The van der Waals surface area contributed by atoms with Crippen LogP contribution < -0.4 is 0 Å². The zero-order valence-electron chi connectivity index (χ0n) is 5.95. The number of nitrogens with zero attached hydrogens (tertiary/aromatic N) is 3. The SMILES string of the molecule is [2H]c1ccc(I)c2ncnn12. The van der Waals surface area contributed by atoms with Crippen LogP contribution >= 0.6 is 22.6 Å². The molecular weight excluding hydrogens is 241 g/mol. The second-order valence-electron chi connectivity index (χ2n) is 1.81. The van der Waals surface area contributed by atoms with Gasteiger partial charge in [-0.05, 0) is 34.7 Å². The Labute approximate surface area is 72.6 Å². The largest absolute Gasteiger partial charge is 0.220 e. The summed E-state index contributed by atoms with van der Waals surface area (Å²) in [5.41, 5.74) is 0.748. The van der Waals surface area contributed by atoms with Crippen LogP contribution in [0.4, 0.5) is 0 Å². The molecule has 0 aliphatic carbocycles. The lowest BCUT2D eigenvalue weighted by Gasteiger charge is -1.90. The van der Waals surface area contributed by atoms with E-state index in [0.29, 0.717) is 6.17 Å². The zero-order valence-corrected chi connectivity index (χ0v) is 7.11. The molecule has 0 aliphatic rings. The van der Waals surface area contributed by atoms with Crippen molar-refractivity contribution in [3.8, 4) is 0 Å². The van der Waals surface area contributed by atoms with Crippen LogP contribution in [0.2, 0.25) is 0 Å². The van der Waals surface area contributed by atoms with Gasteiger partial charge in [-0.3, -0.25) is 0 Å². The molecule has 0 amide bonds. The van der Waals surface area contributed by atoms with Gasteiger partial charge in [0.1, 0.15) is 6.33 Å². The molecule has 50 valence electrons. The normalized spacial score (nSPS) is 11.9. The van der Waals surface area contributed by atoms with Crippen LogP contribution in [0, 0.1) is 3.57 Å². The molecule has 0 unspecified atom stereocenters. The van der Waals surface area contributed by atoms with Crippen molar-refractivity contribution in [2.24, 2.45) is 0 Å². The fourth-order valence-electron chi connectivity index (χ4n) is 0.754. The first kappa shape index (κ1) is 5.06. The van der Waals surface area contributed by atoms with E-state index < -0.39 is 0 Å². The van der Waals surface area contributed by atoms with Crippen LogP contribution in [0.15, 0.2) is 24.6 Å². The Hall–Kier alpha value is -0.650. The molecule has 0 spiro atoms. The maximum absolute atomic E-state index is 7.43. The monoisotopic (exact) mass is 246 g/mol. The molecule has 2 heterocycles. The molecule has 0 saturated carbocycles. The summed E-state index contributed by atoms with van der Waals surface area (Å²) < 4.78 is 9.95. The molecular formula is C6H4IN3. The second-order valence-corrected chi connectivity index (χ2v) is 2.97. The molecule has 2 aromatic rings. The van der Waals surface area contributed by atoms with Gasteiger partial charge in [0.05, 0.1) is 4.94 Å². The van der Waals surface area contributed by atoms with Crippen molar-refractivity contribution >= 4 is 28.2 Å². The number of pyridine rings is 1. The van der Waals surface area contributed by atoms with Gasteiger partial charge in [0.2, 0.25) is 0 Å². The highest BCUT2D eigenvalue weighted by molar-refractivity contribution is 14.1. The first-order valence-corrected chi connectivity index (χ1v) is 3.82. The smallest absolute Gasteiger partial charge is 0.168 e. The predicted octanol–water partition coefficient (Wildman–Crippen LogP) is 1.33. The van der Waals surface area contributed by atoms with E-state index >= 15 is 0 Å². The van der Waals surface area contributed by atoms with E-state index in [1.165, 1.54) is 10.8 Å². The first-order valence-electron chi connectivity index (χ1n) is 3.24. The minimum atomic E-state index is 0.359. The van der Waals surface area contributed by atoms with E-state index in [4.69, 9.17) is 1.37 Å². The van der Waals surface area contributed by atoms with E-state index in [9.17, 15) is 0 Å². The highest BCUT2D eigenvalue weighted by Gasteiger charge is 1.96. The van der Waals surface area contributed by atoms with Gasteiger partial charge < -0.3 is 0 Å². The molecule has 0 atom stereocenters. The molecule has 10 heavy (non-hydrogen) atoms. The second kappa shape index (κ2) is 2.19. The Balaban J connectivity index is 2.96. The van der Waals surface area contributed by atoms with Crippen molar-refractivity contribution in [3.05, 3.63) is 28.2 Å². The number of aromatic nitrogens is 3. The number of halogens is 1. The van der Waals surface area contributed by atoms with E-state index in [1.807, 2.05) is 6.07 Å². The first-order chi connectivity index (χ1) is 5.29. The Bertz CT molecular complexity index is 362. The fraction of sp³-hybridized carbons (Fsp3) is 0. The van der Waals surface area contributed by atoms with Crippen LogP contribution in [-0.2, 0) is 0 Å². The number of fused-ring (bicyclic) bond motifs is 1. The van der Waals surface area contributed by atoms with Gasteiger partial charge >= 0.3 is 0 Å². The Morgan fingerprint density at radius 1 is 1.70 bits per heavy atom. The molecule has 2 rings (SSSR count). The molecule has 2 aromatic heterocycles. The number of hydrogen-bond donors (Lipinski definition) is 0. The maximum atomic E-state index is 7.43. The van der Waals surface area contributed by atoms with E-state index in [1.54, 1.807) is 6.07 Å². The van der Waals surface area contributed by atoms with Gasteiger partial charge in [0, 0.05) is 6.17 Å². The molecule has 0 saturated heterocycles. The van der Waals surface area contributed by atoms with Gasteiger partial charge in [-0.25, -0.2) is 9.50 Å². The minimum absolute atomic E-state index is 0.359. The summed E-state index contributed by atoms with van der Waals surface area (Å²) in [5, 5.41) is 3.89. The van der Waals surface area contributed by atoms with E-state index in [2.05, 4.69) is 32.7 Å². The number of rotatable bonds is 0. The van der Waals surface area contributed by atoms with Crippen LogP contribution in [0.25, 0.3) is 5.65 Å². The Kier molecular flexibility index (Phi) is 1.11. The topological polar surface area (TPSA) is 30.2 Å². The van der Waals surface area contributed by atoms with Gasteiger partial charge in [0.15, 0.2) is 5.65 Å². The van der Waals surface area contributed by atoms with Gasteiger partial charge in [-0.2, -0.15) is 5.10 Å². The minimum Gasteiger partial charge on any atom is -0.220 e. The molecule has 0 aliphatic heterocycles. The van der Waals surface area contributed by atoms with Crippen molar-refractivity contribution in [2.75, 3.05) is 0 Å². The molecule has 0 N–H and O–H groups in total. The fourth-order valence-corrected chi connectivity index (χ4v) is 1.30. The number of hydrogen-bond acceptors (Lipinski definition) is 2. The predicted molar refractivity (Wildman–Crippen MR) is 45.7 cm³/mol. The molecule has 0 aromatic carbocycles. The third kappa shape index (κ3) is 0.792. The van der Waals surface area contributed by atoms with Crippen LogP contribution in [0.5, 0.6) is 0 Å². The van der Waals surface area contributed by atoms with E-state index in [-0.39, 0.29) is 0 Å². The van der Waals surface area contributed by atoms with Crippen molar-refractivity contribution in [1.29, 1.82) is 0 Å². The Morgan fingerprint density at radius 3 is 3.40 bits per heavy atom. The summed E-state index contributed by atoms with van der Waals surface area (Å²) in [6, 6.07) is 3.55. The average Bonchev–Trinajstić information content (AvgIpc) is 2.45. The maximum Gasteiger partial charge on any atom is 0.168 e. The lowest BCUT2D eigenvalue weighted by atomic mass is 10.5. The van der Waals surface area contributed by atoms with Crippen LogP contribution in [0.1, 0.15) is 1.37 Å². The van der Waals surface area contributed by atoms with Gasteiger partial charge in [-0.15, -0.1) is 0 Å². The van der Waals surface area contributed by atoms with Crippen molar-refractivity contribution in [3.63, 3.8) is 0 Å².